The maximum Gasteiger partial charge on any atom is 0.325 e. The Labute approximate surface area is 106 Å². The third-order valence-corrected chi connectivity index (χ3v) is 2.61. The molecule has 0 spiro atoms. The van der Waals surface area contributed by atoms with Gasteiger partial charge in [0.05, 0.1) is 6.61 Å². The minimum atomic E-state index is -0.490. The van der Waals surface area contributed by atoms with Gasteiger partial charge in [-0.1, -0.05) is 0 Å². The number of imide groups is 1. The molecular formula is C13H16N2O3. The lowest BCUT2D eigenvalue weighted by molar-refractivity contribution is -0.121. The smallest absolute Gasteiger partial charge is 0.325 e. The second-order valence-corrected chi connectivity index (χ2v) is 4.18. The van der Waals surface area contributed by atoms with Gasteiger partial charge in [-0.05, 0) is 44.0 Å². The molecule has 5 nitrogen and oxygen atoms in total. The fourth-order valence-corrected chi connectivity index (χ4v) is 1.52. The number of urea groups is 1. The average molecular weight is 248 g/mol. The van der Waals surface area contributed by atoms with E-state index in [0.29, 0.717) is 12.3 Å². The summed E-state index contributed by atoms with van der Waals surface area (Å²) in [6.45, 7) is 2.51. The summed E-state index contributed by atoms with van der Waals surface area (Å²) in [5.41, 5.74) is 0.625. The molecule has 1 aliphatic rings. The van der Waals surface area contributed by atoms with Crippen molar-refractivity contribution in [2.45, 2.75) is 19.8 Å². The highest BCUT2D eigenvalue weighted by molar-refractivity contribution is 6.02. The van der Waals surface area contributed by atoms with Gasteiger partial charge in [-0.25, -0.2) is 4.79 Å². The number of amides is 3. The molecule has 0 aliphatic heterocycles. The molecule has 1 saturated carbocycles. The highest BCUT2D eigenvalue weighted by Crippen LogP contribution is 2.28. The van der Waals surface area contributed by atoms with E-state index >= 15 is 0 Å². The zero-order valence-corrected chi connectivity index (χ0v) is 10.2. The molecule has 1 fully saturated rings. The van der Waals surface area contributed by atoms with Gasteiger partial charge >= 0.3 is 6.03 Å². The number of anilines is 1. The molecule has 0 atom stereocenters. The fraction of sp³-hybridized carbons (Fsp3) is 0.385. The van der Waals surface area contributed by atoms with Crippen molar-refractivity contribution in [2.24, 2.45) is 5.92 Å². The Hall–Kier alpha value is -2.04. The largest absolute Gasteiger partial charge is 0.494 e. The number of hydrogen-bond acceptors (Lipinski definition) is 3. The molecule has 5 heteroatoms. The Balaban J connectivity index is 1.84. The molecule has 0 radical (unpaired) electrons. The lowest BCUT2D eigenvalue weighted by Gasteiger charge is -2.07. The third-order valence-electron chi connectivity index (χ3n) is 2.61. The van der Waals surface area contributed by atoms with Crippen LogP contribution in [0.3, 0.4) is 0 Å². The van der Waals surface area contributed by atoms with Crippen LogP contribution in [0, 0.1) is 5.92 Å². The monoisotopic (exact) mass is 248 g/mol. The molecule has 1 aromatic rings. The first-order valence-corrected chi connectivity index (χ1v) is 6.03. The molecule has 0 bridgehead atoms. The van der Waals surface area contributed by atoms with Crippen LogP contribution < -0.4 is 15.4 Å². The SMILES string of the molecule is CCOc1ccc(NC(=O)NC(=O)C2CC2)cc1. The van der Waals surface area contributed by atoms with E-state index in [9.17, 15) is 9.59 Å². The van der Waals surface area contributed by atoms with Gasteiger partial charge in [0.15, 0.2) is 0 Å². The van der Waals surface area contributed by atoms with Crippen LogP contribution in [0.4, 0.5) is 10.5 Å². The van der Waals surface area contributed by atoms with E-state index in [-0.39, 0.29) is 11.8 Å². The summed E-state index contributed by atoms with van der Waals surface area (Å²) in [6, 6.07) is 6.50. The highest BCUT2D eigenvalue weighted by Gasteiger charge is 2.30. The topological polar surface area (TPSA) is 67.4 Å². The Morgan fingerprint density at radius 2 is 1.94 bits per heavy atom. The standard InChI is InChI=1S/C13H16N2O3/c1-2-18-11-7-5-10(6-8-11)14-13(17)15-12(16)9-3-4-9/h5-9H,2-4H2,1H3,(H2,14,15,16,17). The van der Waals surface area contributed by atoms with Crippen LogP contribution >= 0.6 is 0 Å². The molecule has 0 unspecified atom stereocenters. The molecule has 1 aromatic carbocycles. The predicted octanol–water partition coefficient (Wildman–Crippen LogP) is 2.14. The van der Waals surface area contributed by atoms with Crippen LogP contribution in [0.1, 0.15) is 19.8 Å². The molecule has 96 valence electrons. The van der Waals surface area contributed by atoms with Gasteiger partial charge in [0.25, 0.3) is 0 Å². The summed E-state index contributed by atoms with van der Waals surface area (Å²) in [4.78, 5) is 22.8. The number of carbonyl (C=O) groups excluding carboxylic acids is 2. The van der Waals surface area contributed by atoms with Gasteiger partial charge in [-0.15, -0.1) is 0 Å². The van der Waals surface area contributed by atoms with Gasteiger partial charge in [0.2, 0.25) is 5.91 Å². The van der Waals surface area contributed by atoms with Gasteiger partial charge in [0, 0.05) is 11.6 Å². The van der Waals surface area contributed by atoms with Crippen LogP contribution in [-0.4, -0.2) is 18.5 Å². The summed E-state index contributed by atoms with van der Waals surface area (Å²) in [6.07, 6.45) is 1.75. The first-order chi connectivity index (χ1) is 8.69. The van der Waals surface area contributed by atoms with E-state index in [0.717, 1.165) is 18.6 Å². The van der Waals surface area contributed by atoms with Gasteiger partial charge < -0.3 is 10.1 Å². The van der Waals surface area contributed by atoms with Crippen LogP contribution in [-0.2, 0) is 4.79 Å². The minimum Gasteiger partial charge on any atom is -0.494 e. The molecule has 0 saturated heterocycles. The summed E-state index contributed by atoms with van der Waals surface area (Å²) in [5, 5.41) is 4.91. The third kappa shape index (κ3) is 3.48. The Morgan fingerprint density at radius 1 is 1.28 bits per heavy atom. The maximum atomic E-state index is 11.5. The van der Waals surface area contributed by atoms with E-state index in [1.165, 1.54) is 0 Å². The van der Waals surface area contributed by atoms with Crippen molar-refractivity contribution in [3.8, 4) is 5.75 Å². The second-order valence-electron chi connectivity index (χ2n) is 4.18. The number of carbonyl (C=O) groups is 2. The molecule has 1 aliphatic carbocycles. The van der Waals surface area contributed by atoms with Gasteiger partial charge in [-0.2, -0.15) is 0 Å². The van der Waals surface area contributed by atoms with Gasteiger partial charge in [-0.3, -0.25) is 10.1 Å². The Morgan fingerprint density at radius 3 is 2.50 bits per heavy atom. The molecule has 2 N–H and O–H groups in total. The molecule has 3 amide bonds. The van der Waals surface area contributed by atoms with Crippen LogP contribution in [0.25, 0.3) is 0 Å². The van der Waals surface area contributed by atoms with E-state index < -0.39 is 6.03 Å². The van der Waals surface area contributed by atoms with E-state index in [1.54, 1.807) is 24.3 Å². The summed E-state index contributed by atoms with van der Waals surface area (Å²) < 4.78 is 5.29. The van der Waals surface area contributed by atoms with Crippen molar-refractivity contribution < 1.29 is 14.3 Å². The number of benzene rings is 1. The second kappa shape index (κ2) is 5.53. The molecular weight excluding hydrogens is 232 g/mol. The number of ether oxygens (including phenoxy) is 1. The maximum absolute atomic E-state index is 11.5. The van der Waals surface area contributed by atoms with E-state index in [1.807, 2.05) is 6.92 Å². The summed E-state index contributed by atoms with van der Waals surface area (Å²) in [7, 11) is 0. The zero-order valence-electron chi connectivity index (χ0n) is 10.2. The molecule has 0 aromatic heterocycles. The molecule has 0 heterocycles. The average Bonchev–Trinajstić information content (AvgIpc) is 3.16. The molecule has 2 rings (SSSR count). The van der Waals surface area contributed by atoms with Crippen molar-refractivity contribution in [3.63, 3.8) is 0 Å². The zero-order chi connectivity index (χ0) is 13.0. The Bertz CT molecular complexity index is 438. The minimum absolute atomic E-state index is 0.0241. The van der Waals surface area contributed by atoms with E-state index in [4.69, 9.17) is 4.74 Å². The van der Waals surface area contributed by atoms with Crippen molar-refractivity contribution in [1.29, 1.82) is 0 Å². The normalized spacial score (nSPS) is 13.8. The summed E-state index contributed by atoms with van der Waals surface area (Å²) in [5.74, 6) is 0.576. The Kier molecular flexibility index (Phi) is 3.82. The highest BCUT2D eigenvalue weighted by atomic mass is 16.5. The lowest BCUT2D eigenvalue weighted by Crippen LogP contribution is -2.35. The summed E-state index contributed by atoms with van der Waals surface area (Å²) >= 11 is 0. The first kappa shape index (κ1) is 12.4. The van der Waals surface area contributed by atoms with Crippen molar-refractivity contribution in [2.75, 3.05) is 11.9 Å². The van der Waals surface area contributed by atoms with Crippen LogP contribution in [0.5, 0.6) is 5.75 Å². The van der Waals surface area contributed by atoms with Crippen LogP contribution in [0.15, 0.2) is 24.3 Å². The predicted molar refractivity (Wildman–Crippen MR) is 67.5 cm³/mol. The number of rotatable bonds is 4. The van der Waals surface area contributed by atoms with Crippen molar-refractivity contribution in [1.82, 2.24) is 5.32 Å². The molecule has 18 heavy (non-hydrogen) atoms. The van der Waals surface area contributed by atoms with Gasteiger partial charge in [0.1, 0.15) is 5.75 Å². The van der Waals surface area contributed by atoms with Crippen LogP contribution in [0.2, 0.25) is 0 Å². The lowest BCUT2D eigenvalue weighted by atomic mass is 10.3. The van der Waals surface area contributed by atoms with Crippen molar-refractivity contribution >= 4 is 17.6 Å². The van der Waals surface area contributed by atoms with Crippen molar-refractivity contribution in [3.05, 3.63) is 24.3 Å². The first-order valence-electron chi connectivity index (χ1n) is 6.03. The quantitative estimate of drug-likeness (QED) is 0.857. The number of nitrogens with one attached hydrogen (secondary N) is 2. The fourth-order valence-electron chi connectivity index (χ4n) is 1.52. The number of hydrogen-bond donors (Lipinski definition) is 2. The van der Waals surface area contributed by atoms with E-state index in [2.05, 4.69) is 10.6 Å².